The quantitative estimate of drug-likeness (QED) is 0.719. The Balaban J connectivity index is 1.63. The molecule has 21 heavy (non-hydrogen) atoms. The van der Waals surface area contributed by atoms with Gasteiger partial charge in [-0.25, -0.2) is 4.39 Å². The molecule has 2 aliphatic carbocycles. The molecule has 0 aromatic heterocycles. The van der Waals surface area contributed by atoms with Gasteiger partial charge < -0.3 is 4.74 Å². The highest BCUT2D eigenvalue weighted by molar-refractivity contribution is 5.31. The first-order chi connectivity index (χ1) is 10.2. The van der Waals surface area contributed by atoms with Gasteiger partial charge in [-0.15, -0.1) is 0 Å². The van der Waals surface area contributed by atoms with Crippen molar-refractivity contribution in [3.05, 3.63) is 29.3 Å². The van der Waals surface area contributed by atoms with E-state index in [1.165, 1.54) is 25.7 Å². The van der Waals surface area contributed by atoms with E-state index in [2.05, 4.69) is 0 Å². The van der Waals surface area contributed by atoms with E-state index in [0.29, 0.717) is 30.4 Å². The summed E-state index contributed by atoms with van der Waals surface area (Å²) in [4.78, 5) is 0. The Hall–Kier alpha value is -1.12. The second-order valence-electron chi connectivity index (χ2n) is 6.67. The van der Waals surface area contributed by atoms with Gasteiger partial charge >= 0.3 is 0 Å². The molecule has 0 amide bonds. The van der Waals surface area contributed by atoms with Crippen LogP contribution in [0.5, 0.6) is 5.75 Å². The van der Waals surface area contributed by atoms with Crippen molar-refractivity contribution in [3.8, 4) is 5.75 Å². The highest BCUT2D eigenvalue weighted by Crippen LogP contribution is 2.32. The van der Waals surface area contributed by atoms with Crippen molar-refractivity contribution in [3.63, 3.8) is 0 Å². The molecular formula is C18H24F2O. The largest absolute Gasteiger partial charge is 0.490 e. The van der Waals surface area contributed by atoms with Crippen molar-refractivity contribution in [2.45, 2.75) is 57.8 Å². The van der Waals surface area contributed by atoms with E-state index in [0.717, 1.165) is 25.7 Å². The Morgan fingerprint density at radius 3 is 2.14 bits per heavy atom. The minimum absolute atomic E-state index is 0.0783. The standard InChI is InChI=1S/C18H24F2O/c19-17-15(11-13-5-1-2-6-13)9-10-16(18(17)20)21-12-14-7-3-4-8-14/h9-10,13-14H,1-8,11-12H2. The van der Waals surface area contributed by atoms with E-state index in [-0.39, 0.29) is 5.75 Å². The number of halogens is 2. The molecule has 2 saturated carbocycles. The summed E-state index contributed by atoms with van der Waals surface area (Å²) in [7, 11) is 0. The smallest absolute Gasteiger partial charge is 0.200 e. The molecule has 1 aromatic rings. The third kappa shape index (κ3) is 3.56. The molecule has 0 N–H and O–H groups in total. The van der Waals surface area contributed by atoms with Crippen LogP contribution < -0.4 is 4.74 Å². The molecule has 0 aliphatic heterocycles. The first-order valence-corrected chi connectivity index (χ1v) is 8.33. The molecule has 3 heteroatoms. The maximum atomic E-state index is 14.2. The minimum Gasteiger partial charge on any atom is -0.490 e. The molecule has 0 radical (unpaired) electrons. The fourth-order valence-electron chi connectivity index (χ4n) is 3.75. The Morgan fingerprint density at radius 2 is 1.48 bits per heavy atom. The van der Waals surface area contributed by atoms with Crippen LogP contribution >= 0.6 is 0 Å². The van der Waals surface area contributed by atoms with Gasteiger partial charge in [-0.3, -0.25) is 0 Å². The summed E-state index contributed by atoms with van der Waals surface area (Å²) in [5.74, 6) is -0.404. The highest BCUT2D eigenvalue weighted by Gasteiger charge is 2.21. The van der Waals surface area contributed by atoms with Crippen molar-refractivity contribution in [2.24, 2.45) is 11.8 Å². The Morgan fingerprint density at radius 1 is 0.857 bits per heavy atom. The molecule has 1 aromatic carbocycles. The number of rotatable bonds is 5. The normalized spacial score (nSPS) is 20.3. The van der Waals surface area contributed by atoms with Gasteiger partial charge in [0.2, 0.25) is 5.82 Å². The highest BCUT2D eigenvalue weighted by atomic mass is 19.2. The van der Waals surface area contributed by atoms with E-state index in [4.69, 9.17) is 4.74 Å². The van der Waals surface area contributed by atoms with Crippen LogP contribution in [-0.2, 0) is 6.42 Å². The third-order valence-corrected chi connectivity index (χ3v) is 5.06. The molecule has 0 bridgehead atoms. The van der Waals surface area contributed by atoms with Crippen molar-refractivity contribution in [2.75, 3.05) is 6.61 Å². The van der Waals surface area contributed by atoms with Gasteiger partial charge in [0, 0.05) is 0 Å². The Kier molecular flexibility index (Phi) is 4.77. The molecule has 0 saturated heterocycles. The molecule has 0 unspecified atom stereocenters. The van der Waals surface area contributed by atoms with Gasteiger partial charge in [0.25, 0.3) is 0 Å². The average molecular weight is 294 g/mol. The molecule has 1 nitrogen and oxygen atoms in total. The lowest BCUT2D eigenvalue weighted by Crippen LogP contribution is -2.10. The van der Waals surface area contributed by atoms with Crippen LogP contribution in [0.2, 0.25) is 0 Å². The molecule has 3 rings (SSSR count). The van der Waals surface area contributed by atoms with Crippen LogP contribution in [0.4, 0.5) is 8.78 Å². The van der Waals surface area contributed by atoms with E-state index in [9.17, 15) is 8.78 Å². The van der Waals surface area contributed by atoms with Crippen molar-refractivity contribution in [1.29, 1.82) is 0 Å². The summed E-state index contributed by atoms with van der Waals surface area (Å²) >= 11 is 0. The summed E-state index contributed by atoms with van der Waals surface area (Å²) in [5.41, 5.74) is 0.507. The van der Waals surface area contributed by atoms with Crippen LogP contribution in [0, 0.1) is 23.5 Å². The van der Waals surface area contributed by atoms with Crippen molar-refractivity contribution >= 4 is 0 Å². The van der Waals surface area contributed by atoms with Crippen LogP contribution in [0.15, 0.2) is 12.1 Å². The zero-order chi connectivity index (χ0) is 14.7. The number of ether oxygens (including phenoxy) is 1. The van der Waals surface area contributed by atoms with E-state index in [1.807, 2.05) is 0 Å². The lowest BCUT2D eigenvalue weighted by molar-refractivity contribution is 0.238. The van der Waals surface area contributed by atoms with Gasteiger partial charge in [-0.05, 0) is 42.7 Å². The SMILES string of the molecule is Fc1c(CC2CCCC2)ccc(OCC2CCCC2)c1F. The van der Waals surface area contributed by atoms with E-state index >= 15 is 0 Å². The summed E-state index contributed by atoms with van der Waals surface area (Å²) in [6, 6.07) is 3.32. The third-order valence-electron chi connectivity index (χ3n) is 5.06. The molecule has 2 fully saturated rings. The van der Waals surface area contributed by atoms with Crippen LogP contribution in [-0.4, -0.2) is 6.61 Å². The predicted octanol–water partition coefficient (Wildman–Crippen LogP) is 5.27. The van der Waals surface area contributed by atoms with E-state index in [1.54, 1.807) is 12.1 Å². The molecule has 0 spiro atoms. The van der Waals surface area contributed by atoms with Gasteiger partial charge in [-0.2, -0.15) is 4.39 Å². The second kappa shape index (κ2) is 6.76. The summed E-state index contributed by atoms with van der Waals surface area (Å²) in [6.07, 6.45) is 10.1. The first kappa shape index (κ1) is 14.8. The van der Waals surface area contributed by atoms with E-state index < -0.39 is 11.6 Å². The van der Waals surface area contributed by atoms with Gasteiger partial charge in [-0.1, -0.05) is 44.6 Å². The zero-order valence-electron chi connectivity index (χ0n) is 12.5. The van der Waals surface area contributed by atoms with Crippen LogP contribution in [0.25, 0.3) is 0 Å². The maximum Gasteiger partial charge on any atom is 0.200 e. The molecule has 0 heterocycles. The summed E-state index contributed by atoms with van der Waals surface area (Å²) in [6.45, 7) is 0.512. The van der Waals surface area contributed by atoms with Crippen molar-refractivity contribution < 1.29 is 13.5 Å². The summed E-state index contributed by atoms with van der Waals surface area (Å²) < 4.78 is 33.8. The summed E-state index contributed by atoms with van der Waals surface area (Å²) in [5, 5.41) is 0. The van der Waals surface area contributed by atoms with Crippen LogP contribution in [0.1, 0.15) is 56.9 Å². The number of hydrogen-bond acceptors (Lipinski definition) is 1. The average Bonchev–Trinajstić information content (AvgIpc) is 3.16. The second-order valence-corrected chi connectivity index (χ2v) is 6.67. The molecule has 2 aliphatic rings. The lowest BCUT2D eigenvalue weighted by Gasteiger charge is -2.15. The predicted molar refractivity (Wildman–Crippen MR) is 79.5 cm³/mol. The van der Waals surface area contributed by atoms with Gasteiger partial charge in [0.05, 0.1) is 6.61 Å². The Labute approximate surface area is 125 Å². The van der Waals surface area contributed by atoms with Gasteiger partial charge in [0.1, 0.15) is 0 Å². The molecular weight excluding hydrogens is 270 g/mol. The monoisotopic (exact) mass is 294 g/mol. The van der Waals surface area contributed by atoms with Crippen LogP contribution in [0.3, 0.4) is 0 Å². The minimum atomic E-state index is -0.802. The topological polar surface area (TPSA) is 9.23 Å². The lowest BCUT2D eigenvalue weighted by atomic mass is 9.97. The maximum absolute atomic E-state index is 14.2. The van der Waals surface area contributed by atoms with Crippen molar-refractivity contribution in [1.82, 2.24) is 0 Å². The zero-order valence-corrected chi connectivity index (χ0v) is 12.5. The fraction of sp³-hybridized carbons (Fsp3) is 0.667. The Bertz CT molecular complexity index is 474. The molecule has 116 valence electrons. The number of benzene rings is 1. The first-order valence-electron chi connectivity index (χ1n) is 8.33. The fourth-order valence-corrected chi connectivity index (χ4v) is 3.75. The molecule has 0 atom stereocenters. The van der Waals surface area contributed by atoms with Gasteiger partial charge in [0.15, 0.2) is 11.6 Å². The number of hydrogen-bond donors (Lipinski definition) is 0.